The van der Waals surface area contributed by atoms with Crippen molar-refractivity contribution in [1.29, 1.82) is 0 Å². The maximum atomic E-state index is 15.2. The lowest BCUT2D eigenvalue weighted by Crippen LogP contribution is -2.57. The quantitative estimate of drug-likeness (QED) is 0.353. The van der Waals surface area contributed by atoms with Gasteiger partial charge in [0.25, 0.3) is 5.92 Å². The van der Waals surface area contributed by atoms with Gasteiger partial charge >= 0.3 is 12.1 Å². The summed E-state index contributed by atoms with van der Waals surface area (Å²) in [5.74, 6) is -3.23. The maximum Gasteiger partial charge on any atom is 0.410 e. The predicted molar refractivity (Wildman–Crippen MR) is 145 cm³/mol. The van der Waals surface area contributed by atoms with Crippen LogP contribution in [0.15, 0.2) is 6.20 Å². The number of fused-ring (bicyclic) bond motifs is 4. The fourth-order valence-electron chi connectivity index (χ4n) is 7.64. The van der Waals surface area contributed by atoms with Gasteiger partial charge in [0.2, 0.25) is 0 Å². The summed E-state index contributed by atoms with van der Waals surface area (Å²) in [4.78, 5) is 31.4. The Morgan fingerprint density at radius 1 is 1.14 bits per heavy atom. The topological polar surface area (TPSA) is 83.9 Å². The second-order valence-corrected chi connectivity index (χ2v) is 14.0. The first kappa shape index (κ1) is 28.1. The zero-order valence-corrected chi connectivity index (χ0v) is 24.4. The highest BCUT2D eigenvalue weighted by Crippen LogP contribution is 2.69. The summed E-state index contributed by atoms with van der Waals surface area (Å²) in [6.07, 6.45) is 1.43. The van der Waals surface area contributed by atoms with Gasteiger partial charge in [-0.1, -0.05) is 11.6 Å². The average molecular weight is 613 g/mol. The largest absolute Gasteiger partial charge is 0.461 e. The van der Waals surface area contributed by atoms with Crippen LogP contribution in [0.4, 0.5) is 28.2 Å². The van der Waals surface area contributed by atoms with Crippen molar-refractivity contribution in [3.8, 4) is 6.01 Å². The third-order valence-corrected chi connectivity index (χ3v) is 9.78. The summed E-state index contributed by atoms with van der Waals surface area (Å²) in [5.41, 5.74) is -2.78. The fraction of sp³-hybridized carbons (Fsp3) is 0.714. The SMILES string of the molecule is CC(C)(C)OC(=O)N1C2CCC1CN(c1nc(OC[C@@]34C[C@@H](F)CN3C[C@@]3(CC3(F)F)C4)nc3c(F)c(Cl)ncc13)C2. The molecule has 42 heavy (non-hydrogen) atoms. The summed E-state index contributed by atoms with van der Waals surface area (Å²) in [6, 6.07) is -0.429. The number of nitrogens with zero attached hydrogens (tertiary/aromatic N) is 6. The van der Waals surface area contributed by atoms with Gasteiger partial charge in [0, 0.05) is 45.2 Å². The Bertz CT molecular complexity index is 1450. The van der Waals surface area contributed by atoms with Crippen LogP contribution in [0.5, 0.6) is 6.01 Å². The molecule has 2 aromatic heterocycles. The van der Waals surface area contributed by atoms with Crippen molar-refractivity contribution in [2.45, 2.75) is 88.2 Å². The molecule has 1 saturated carbocycles. The summed E-state index contributed by atoms with van der Waals surface area (Å²) < 4.78 is 70.0. The van der Waals surface area contributed by atoms with Crippen molar-refractivity contribution in [3.63, 3.8) is 0 Å². The van der Waals surface area contributed by atoms with E-state index in [9.17, 15) is 18.0 Å². The van der Waals surface area contributed by atoms with E-state index in [0.29, 0.717) is 24.3 Å². The van der Waals surface area contributed by atoms with Gasteiger partial charge in [-0.3, -0.25) is 9.80 Å². The molecule has 4 aliphatic heterocycles. The van der Waals surface area contributed by atoms with Gasteiger partial charge in [0.15, 0.2) is 11.0 Å². The average Bonchev–Trinajstić information content (AvgIpc) is 3.10. The number of piperazine rings is 1. The van der Waals surface area contributed by atoms with E-state index < -0.39 is 34.5 Å². The highest BCUT2D eigenvalue weighted by atomic mass is 35.5. The molecule has 5 atom stereocenters. The number of carbonyl (C=O) groups excluding carboxylic acids is 1. The number of hydrogen-bond acceptors (Lipinski definition) is 8. The van der Waals surface area contributed by atoms with E-state index >= 15 is 4.39 Å². The Hall–Kier alpha value is -2.67. The van der Waals surface area contributed by atoms with Gasteiger partial charge < -0.3 is 14.4 Å². The zero-order valence-electron chi connectivity index (χ0n) is 23.7. The van der Waals surface area contributed by atoms with E-state index in [1.807, 2.05) is 25.7 Å². The minimum Gasteiger partial charge on any atom is -0.461 e. The van der Waals surface area contributed by atoms with Gasteiger partial charge in [0.1, 0.15) is 29.7 Å². The highest BCUT2D eigenvalue weighted by molar-refractivity contribution is 6.30. The molecule has 2 unspecified atom stereocenters. The van der Waals surface area contributed by atoms with E-state index in [4.69, 9.17) is 21.1 Å². The van der Waals surface area contributed by atoms with Crippen molar-refractivity contribution in [3.05, 3.63) is 17.2 Å². The van der Waals surface area contributed by atoms with Gasteiger partial charge in [-0.25, -0.2) is 27.3 Å². The Morgan fingerprint density at radius 2 is 1.83 bits per heavy atom. The number of rotatable bonds is 4. The lowest BCUT2D eigenvalue weighted by Gasteiger charge is -2.42. The van der Waals surface area contributed by atoms with Crippen molar-refractivity contribution in [2.75, 3.05) is 37.7 Å². The molecule has 9 nitrogen and oxygen atoms in total. The van der Waals surface area contributed by atoms with Crippen LogP contribution in [-0.2, 0) is 4.74 Å². The van der Waals surface area contributed by atoms with Crippen LogP contribution in [0.25, 0.3) is 10.9 Å². The summed E-state index contributed by atoms with van der Waals surface area (Å²) >= 11 is 6.00. The Balaban J connectivity index is 1.18. The molecular weight excluding hydrogens is 580 g/mol. The first-order valence-electron chi connectivity index (χ1n) is 14.4. The molecule has 1 amide bonds. The minimum atomic E-state index is -2.77. The molecule has 7 rings (SSSR count). The molecule has 1 spiro atoms. The molecule has 5 fully saturated rings. The molecular formula is C28H33ClF4N6O3. The van der Waals surface area contributed by atoms with Crippen LogP contribution in [0.2, 0.25) is 5.15 Å². The standard InChI is InChI=1S/C28H33ClF4N6O3/c1-25(2,3)42-24(40)39-16-4-5-17(39)10-37(9-16)22-18-7-34-21(29)19(31)20(18)35-23(36-22)41-14-27-6-15(30)8-38(27)13-26(11-27)12-28(26,32)33/h7,15-17H,4-6,8-14H2,1-3H3/t15-,16?,17?,26+,27+/m1/s1. The maximum absolute atomic E-state index is 15.2. The van der Waals surface area contributed by atoms with Crippen LogP contribution < -0.4 is 9.64 Å². The third kappa shape index (κ3) is 4.44. The Kier molecular flexibility index (Phi) is 6.14. The molecule has 0 N–H and O–H groups in total. The number of carbonyl (C=O) groups is 1. The molecule has 2 aromatic rings. The Labute approximate surface area is 245 Å². The van der Waals surface area contributed by atoms with E-state index in [-0.39, 0.29) is 73.8 Å². The number of aromatic nitrogens is 3. The molecule has 14 heteroatoms. The number of alkyl halides is 3. The number of hydrogen-bond donors (Lipinski definition) is 0. The molecule has 4 saturated heterocycles. The van der Waals surface area contributed by atoms with E-state index in [2.05, 4.69) is 15.0 Å². The number of pyridine rings is 1. The van der Waals surface area contributed by atoms with Crippen molar-refractivity contribution < 1.29 is 31.8 Å². The Morgan fingerprint density at radius 3 is 2.48 bits per heavy atom. The molecule has 0 aromatic carbocycles. The third-order valence-electron chi connectivity index (χ3n) is 9.52. The van der Waals surface area contributed by atoms with Crippen molar-refractivity contribution in [2.24, 2.45) is 5.41 Å². The smallest absolute Gasteiger partial charge is 0.410 e. The van der Waals surface area contributed by atoms with E-state index in [1.165, 1.54) is 6.20 Å². The molecule has 1 aliphatic carbocycles. The van der Waals surface area contributed by atoms with Crippen LogP contribution in [0.3, 0.4) is 0 Å². The lowest BCUT2D eigenvalue weighted by molar-refractivity contribution is 0.0122. The zero-order chi connectivity index (χ0) is 29.8. The van der Waals surface area contributed by atoms with Gasteiger partial charge in [-0.15, -0.1) is 0 Å². The second-order valence-electron chi connectivity index (χ2n) is 13.7. The first-order valence-corrected chi connectivity index (χ1v) is 14.7. The van der Waals surface area contributed by atoms with Crippen LogP contribution in [0.1, 0.15) is 52.9 Å². The van der Waals surface area contributed by atoms with E-state index in [1.54, 1.807) is 9.80 Å². The minimum absolute atomic E-state index is 0.0748. The van der Waals surface area contributed by atoms with Crippen LogP contribution in [-0.4, -0.2) is 98.9 Å². The highest BCUT2D eigenvalue weighted by Gasteiger charge is 2.77. The lowest BCUT2D eigenvalue weighted by atomic mass is 9.88. The number of ether oxygens (including phenoxy) is 2. The molecule has 0 radical (unpaired) electrons. The van der Waals surface area contributed by atoms with Crippen molar-refractivity contribution in [1.82, 2.24) is 24.8 Å². The van der Waals surface area contributed by atoms with Crippen LogP contribution >= 0.6 is 11.6 Å². The predicted octanol–water partition coefficient (Wildman–Crippen LogP) is 5.00. The molecule has 5 aliphatic rings. The summed E-state index contributed by atoms with van der Waals surface area (Å²) in [6.45, 7) is 6.40. The molecule has 6 heterocycles. The van der Waals surface area contributed by atoms with Gasteiger partial charge in [0.05, 0.1) is 28.4 Å². The number of anilines is 1. The van der Waals surface area contributed by atoms with Crippen LogP contribution in [0, 0.1) is 11.2 Å². The number of amides is 1. The first-order chi connectivity index (χ1) is 19.7. The molecule has 2 bridgehead atoms. The number of halogens is 5. The fourth-order valence-corrected chi connectivity index (χ4v) is 7.78. The normalized spacial score (nSPS) is 33.5. The second kappa shape index (κ2) is 9.17. The van der Waals surface area contributed by atoms with Gasteiger partial charge in [-0.2, -0.15) is 9.97 Å². The summed E-state index contributed by atoms with van der Waals surface area (Å²) in [7, 11) is 0. The van der Waals surface area contributed by atoms with E-state index in [0.717, 1.165) is 12.8 Å². The van der Waals surface area contributed by atoms with Crippen molar-refractivity contribution >= 4 is 34.4 Å². The summed E-state index contributed by atoms with van der Waals surface area (Å²) in [5, 5.41) is -0.0289. The monoisotopic (exact) mass is 612 g/mol. The van der Waals surface area contributed by atoms with Gasteiger partial charge in [-0.05, 0) is 40.0 Å². The molecule has 228 valence electrons.